The zero-order valence-corrected chi connectivity index (χ0v) is 41.9. The van der Waals surface area contributed by atoms with Gasteiger partial charge in [0.25, 0.3) is 0 Å². The van der Waals surface area contributed by atoms with Crippen molar-refractivity contribution < 1.29 is 47.8 Å². The molecule has 0 aromatic heterocycles. The Bertz CT molecular complexity index is 1330. The molecule has 1 amide bonds. The number of ether oxygens (including phenoxy) is 1. The molecule has 0 saturated carbocycles. The molecule has 0 radical (unpaired) electrons. The zero-order chi connectivity index (χ0) is 47.7. The van der Waals surface area contributed by atoms with Crippen molar-refractivity contribution >= 4 is 25.7 Å². The smallest absolute Gasteiger partial charge is 0.472 e. The quantitative estimate of drug-likeness (QED) is 0.0199. The number of aliphatic hydroxyl groups excluding tert-OH is 1. The molecule has 3 atom stereocenters. The molecule has 0 aromatic rings. The minimum absolute atomic E-state index is 0.143. The summed E-state index contributed by atoms with van der Waals surface area (Å²) in [5.74, 6) is -2.43. The van der Waals surface area contributed by atoms with Crippen LogP contribution in [0.25, 0.3) is 0 Å². The first-order valence-corrected chi connectivity index (χ1v) is 27.3. The van der Waals surface area contributed by atoms with Gasteiger partial charge in [-0.05, 0) is 51.4 Å². The van der Waals surface area contributed by atoms with Crippen molar-refractivity contribution in [2.45, 2.75) is 238 Å². The first-order valence-electron chi connectivity index (χ1n) is 25.8. The maximum Gasteiger partial charge on any atom is 0.472 e. The highest BCUT2D eigenvalue weighted by atomic mass is 31.2. The van der Waals surface area contributed by atoms with E-state index in [9.17, 15) is 34.1 Å². The van der Waals surface area contributed by atoms with Gasteiger partial charge in [-0.1, -0.05) is 222 Å². The van der Waals surface area contributed by atoms with Gasteiger partial charge in [-0.2, -0.15) is 0 Å². The van der Waals surface area contributed by atoms with E-state index in [1.54, 1.807) is 0 Å². The third kappa shape index (κ3) is 47.5. The lowest BCUT2D eigenvalue weighted by atomic mass is 10.0. The molecular weight excluding hydrogens is 842 g/mol. The van der Waals surface area contributed by atoms with Gasteiger partial charge in [-0.25, -0.2) is 9.36 Å². The second kappa shape index (κ2) is 47.7. The minimum atomic E-state index is -4.78. The number of carboxylic acid groups (broad SMARTS) is 1. The summed E-state index contributed by atoms with van der Waals surface area (Å²) in [5, 5.41) is 21.9. The third-order valence-corrected chi connectivity index (χ3v) is 12.0. The number of hydrogen-bond donors (Lipinski definition) is 4. The largest absolute Gasteiger partial charge is 0.480 e. The maximum absolute atomic E-state index is 12.4. The molecular formula is C53H94NO10P. The summed E-state index contributed by atoms with van der Waals surface area (Å²) >= 11 is 0. The Morgan fingerprint density at radius 3 is 1.31 bits per heavy atom. The van der Waals surface area contributed by atoms with E-state index >= 15 is 0 Å². The highest BCUT2D eigenvalue weighted by molar-refractivity contribution is 7.47. The third-order valence-electron chi connectivity index (χ3n) is 11.1. The standard InChI is InChI=1S/C53H94NO10P/c1-3-5-7-9-11-13-15-17-19-21-22-23-24-25-26-27-29-30-32-34-36-38-40-42-44-51(56)54-50(53(58)59)48-64-65(60,61)63-47-49(55)46-62-52(57)45-43-41-39-37-35-33-31-28-20-18-16-14-12-10-8-6-4-2/h6,8,12,14,18,20,31,33,37,39,49-50,55H,3-5,7,9-11,13,15-17,19,21-30,32,34-36,38,40-48H2,1-2H3,(H,54,56)(H,58,59)(H,60,61)/b8-6-,14-12-,20-18-,33-31-,39-37-. The topological polar surface area (TPSA) is 169 Å². The fraction of sp³-hybridized carbons (Fsp3) is 0.755. The molecule has 3 unspecified atom stereocenters. The summed E-state index contributed by atoms with van der Waals surface area (Å²) in [5.41, 5.74) is 0. The number of phosphoric ester groups is 1. The number of aliphatic hydroxyl groups is 1. The van der Waals surface area contributed by atoms with Crippen molar-refractivity contribution in [1.82, 2.24) is 5.32 Å². The number of esters is 1. The molecule has 12 heteroatoms. The summed E-state index contributed by atoms with van der Waals surface area (Å²) in [7, 11) is -4.78. The van der Waals surface area contributed by atoms with Gasteiger partial charge in [0.2, 0.25) is 5.91 Å². The molecule has 0 saturated heterocycles. The van der Waals surface area contributed by atoms with E-state index in [1.165, 1.54) is 128 Å². The van der Waals surface area contributed by atoms with Gasteiger partial charge in [0.15, 0.2) is 6.04 Å². The molecule has 65 heavy (non-hydrogen) atoms. The Morgan fingerprint density at radius 1 is 0.508 bits per heavy atom. The molecule has 0 aliphatic heterocycles. The number of carboxylic acids is 1. The van der Waals surface area contributed by atoms with Gasteiger partial charge in [0.1, 0.15) is 12.7 Å². The van der Waals surface area contributed by atoms with Crippen molar-refractivity contribution in [3.05, 3.63) is 60.8 Å². The van der Waals surface area contributed by atoms with Crippen LogP contribution in [0.3, 0.4) is 0 Å². The average Bonchev–Trinajstić information content (AvgIpc) is 3.28. The highest BCUT2D eigenvalue weighted by Crippen LogP contribution is 2.43. The maximum atomic E-state index is 12.4. The van der Waals surface area contributed by atoms with Crippen LogP contribution in [0.2, 0.25) is 0 Å². The second-order valence-corrected chi connectivity index (χ2v) is 18.8. The van der Waals surface area contributed by atoms with Crippen molar-refractivity contribution in [1.29, 1.82) is 0 Å². The van der Waals surface area contributed by atoms with Crippen LogP contribution in [0.4, 0.5) is 0 Å². The number of carbonyl (C=O) groups excluding carboxylic acids is 2. The number of rotatable bonds is 48. The van der Waals surface area contributed by atoms with E-state index in [4.69, 9.17) is 13.8 Å². The molecule has 0 bridgehead atoms. The van der Waals surface area contributed by atoms with E-state index in [2.05, 4.69) is 67.8 Å². The number of amides is 1. The summed E-state index contributed by atoms with van der Waals surface area (Å²) in [6.07, 6.45) is 56.9. The molecule has 0 aliphatic carbocycles. The SMILES string of the molecule is CC/C=C\C/C=C\C/C=C\C/C=C\C/C=C\CCCC(=O)OCC(O)COP(=O)(O)OCC(NC(=O)CCCCCCCCCCCCCCCCCCCCCCCCCC)C(=O)O. The zero-order valence-electron chi connectivity index (χ0n) is 41.0. The highest BCUT2D eigenvalue weighted by Gasteiger charge is 2.28. The average molecular weight is 936 g/mol. The van der Waals surface area contributed by atoms with Crippen LogP contribution in [0, 0.1) is 0 Å². The number of unbranched alkanes of at least 4 members (excludes halogenated alkanes) is 24. The predicted molar refractivity (Wildman–Crippen MR) is 268 cm³/mol. The molecule has 0 heterocycles. The molecule has 0 spiro atoms. The molecule has 376 valence electrons. The second-order valence-electron chi connectivity index (χ2n) is 17.3. The lowest BCUT2D eigenvalue weighted by Gasteiger charge is -2.18. The van der Waals surface area contributed by atoms with Crippen LogP contribution in [-0.2, 0) is 32.7 Å². The Hall–Kier alpha value is -2.82. The molecule has 0 aliphatic rings. The number of hydrogen-bond acceptors (Lipinski definition) is 8. The van der Waals surface area contributed by atoms with Crippen LogP contribution in [0.5, 0.6) is 0 Å². The lowest BCUT2D eigenvalue weighted by Crippen LogP contribution is -2.43. The van der Waals surface area contributed by atoms with Crippen LogP contribution in [0.15, 0.2) is 60.8 Å². The van der Waals surface area contributed by atoms with Gasteiger partial charge in [0, 0.05) is 12.8 Å². The number of phosphoric acid groups is 1. The van der Waals surface area contributed by atoms with Crippen LogP contribution in [0.1, 0.15) is 226 Å². The van der Waals surface area contributed by atoms with Crippen LogP contribution < -0.4 is 5.32 Å². The predicted octanol–water partition coefficient (Wildman–Crippen LogP) is 14.3. The fourth-order valence-electron chi connectivity index (χ4n) is 7.12. The number of allylic oxidation sites excluding steroid dienone is 10. The molecule has 0 fully saturated rings. The van der Waals surface area contributed by atoms with Crippen molar-refractivity contribution in [3.63, 3.8) is 0 Å². The summed E-state index contributed by atoms with van der Waals surface area (Å²) < 4.78 is 26.9. The molecule has 4 N–H and O–H groups in total. The van der Waals surface area contributed by atoms with Gasteiger partial charge in [-0.15, -0.1) is 0 Å². The molecule has 11 nitrogen and oxygen atoms in total. The van der Waals surface area contributed by atoms with Gasteiger partial charge in [-0.3, -0.25) is 18.6 Å². The number of carbonyl (C=O) groups is 3. The normalized spacial score (nSPS) is 14.0. The van der Waals surface area contributed by atoms with Gasteiger partial charge < -0.3 is 25.2 Å². The minimum Gasteiger partial charge on any atom is -0.480 e. The van der Waals surface area contributed by atoms with E-state index in [0.29, 0.717) is 19.3 Å². The van der Waals surface area contributed by atoms with Crippen LogP contribution >= 0.6 is 7.82 Å². The number of nitrogens with one attached hydrogen (secondary N) is 1. The van der Waals surface area contributed by atoms with E-state index < -0.39 is 57.6 Å². The fourth-order valence-corrected chi connectivity index (χ4v) is 7.89. The monoisotopic (exact) mass is 936 g/mol. The Morgan fingerprint density at radius 2 is 0.892 bits per heavy atom. The number of aliphatic carboxylic acids is 1. The summed E-state index contributed by atoms with van der Waals surface area (Å²) in [6.45, 7) is 2.45. The van der Waals surface area contributed by atoms with Gasteiger partial charge in [0.05, 0.1) is 13.2 Å². The van der Waals surface area contributed by atoms with E-state index in [-0.39, 0.29) is 12.8 Å². The summed E-state index contributed by atoms with van der Waals surface area (Å²) in [6, 6.07) is -1.55. The first-order chi connectivity index (χ1) is 31.6. The lowest BCUT2D eigenvalue weighted by molar-refractivity contribution is -0.147. The van der Waals surface area contributed by atoms with Crippen molar-refractivity contribution in [2.24, 2.45) is 0 Å². The Balaban J connectivity index is 3.85. The Labute approximate surface area is 396 Å². The van der Waals surface area contributed by atoms with Crippen molar-refractivity contribution in [2.75, 3.05) is 19.8 Å². The van der Waals surface area contributed by atoms with E-state index in [1.807, 2.05) is 12.2 Å². The molecule has 0 aromatic carbocycles. The molecule has 0 rings (SSSR count). The summed E-state index contributed by atoms with van der Waals surface area (Å²) in [4.78, 5) is 46.1. The van der Waals surface area contributed by atoms with Gasteiger partial charge >= 0.3 is 19.8 Å². The van der Waals surface area contributed by atoms with E-state index in [0.717, 1.165) is 51.4 Å². The van der Waals surface area contributed by atoms with Crippen LogP contribution in [-0.4, -0.2) is 64.9 Å². The first kappa shape index (κ1) is 62.2. The van der Waals surface area contributed by atoms with Crippen molar-refractivity contribution in [3.8, 4) is 0 Å². The Kier molecular flexibility index (Phi) is 45.6.